The first-order chi connectivity index (χ1) is 13.1. The lowest BCUT2D eigenvalue weighted by Crippen LogP contribution is -2.31. The average molecular weight is 429 g/mol. The van der Waals surface area contributed by atoms with Crippen LogP contribution in [-0.4, -0.2) is 6.03 Å². The number of hydrogen-bond donors (Lipinski definition) is 2. The van der Waals surface area contributed by atoms with Crippen molar-refractivity contribution in [2.45, 2.75) is 26.2 Å². The Kier molecular flexibility index (Phi) is 6.68. The van der Waals surface area contributed by atoms with Crippen LogP contribution in [0.25, 0.3) is 0 Å². The minimum absolute atomic E-state index is 0.125. The third-order valence-electron chi connectivity index (χ3n) is 4.00. The molecule has 0 radical (unpaired) electrons. The number of amides is 2. The largest absolute Gasteiger partial charge is 0.467 e. The highest BCUT2D eigenvalue weighted by Gasteiger charge is 2.12. The molecule has 6 heteroatoms. The van der Waals surface area contributed by atoms with E-state index in [0.29, 0.717) is 18.9 Å². The van der Waals surface area contributed by atoms with Gasteiger partial charge in [-0.3, -0.25) is 0 Å². The number of furan rings is 1. The predicted octanol–water partition coefficient (Wildman–Crippen LogP) is 5.64. The van der Waals surface area contributed by atoms with Gasteiger partial charge in [-0.05, 0) is 48.4 Å². The van der Waals surface area contributed by atoms with Gasteiger partial charge < -0.3 is 19.8 Å². The molecule has 0 spiro atoms. The monoisotopic (exact) mass is 428 g/mol. The maximum atomic E-state index is 12.3. The van der Waals surface area contributed by atoms with Gasteiger partial charge in [0.25, 0.3) is 0 Å². The van der Waals surface area contributed by atoms with Crippen molar-refractivity contribution in [1.82, 2.24) is 5.32 Å². The fourth-order valence-corrected chi connectivity index (χ4v) is 3.30. The summed E-state index contributed by atoms with van der Waals surface area (Å²) >= 11 is 3.51. The number of nitrogens with one attached hydrogen (secondary N) is 2. The van der Waals surface area contributed by atoms with Crippen molar-refractivity contribution in [3.8, 4) is 0 Å². The molecule has 0 aliphatic rings. The van der Waals surface area contributed by atoms with Crippen LogP contribution in [0.4, 0.5) is 10.5 Å². The van der Waals surface area contributed by atoms with Gasteiger partial charge in [-0.2, -0.15) is 0 Å². The summed E-state index contributed by atoms with van der Waals surface area (Å²) in [6, 6.07) is 18.7. The molecule has 1 atom stereocenters. The Bertz CT molecular complexity index is 881. The second-order valence-electron chi connectivity index (χ2n) is 6.11. The van der Waals surface area contributed by atoms with E-state index in [1.54, 1.807) is 6.26 Å². The van der Waals surface area contributed by atoms with Crippen molar-refractivity contribution in [3.63, 3.8) is 0 Å². The van der Waals surface area contributed by atoms with Crippen LogP contribution in [0.1, 0.15) is 29.9 Å². The molecule has 0 aliphatic heterocycles. The maximum Gasteiger partial charge on any atom is 0.319 e. The number of carbonyl (C=O) groups is 1. The zero-order valence-corrected chi connectivity index (χ0v) is 16.5. The molecule has 140 valence electrons. The molecule has 1 heterocycles. The second-order valence-corrected chi connectivity index (χ2v) is 6.97. The van der Waals surface area contributed by atoms with Gasteiger partial charge in [-0.1, -0.05) is 46.3 Å². The van der Waals surface area contributed by atoms with E-state index >= 15 is 0 Å². The fourth-order valence-electron chi connectivity index (χ4n) is 2.67. The topological polar surface area (TPSA) is 63.5 Å². The van der Waals surface area contributed by atoms with E-state index < -0.39 is 0 Å². The molecule has 0 saturated carbocycles. The smallest absolute Gasteiger partial charge is 0.319 e. The summed E-state index contributed by atoms with van der Waals surface area (Å²) in [4.78, 5) is 12.3. The minimum atomic E-state index is -0.257. The van der Waals surface area contributed by atoms with Crippen LogP contribution in [-0.2, 0) is 18.0 Å². The molecule has 1 unspecified atom stereocenters. The van der Waals surface area contributed by atoms with Crippen LogP contribution in [0.15, 0.2) is 75.8 Å². The standard InChI is InChI=1S/C21H21BrN2O3/c1-15(19-9-2-3-10-20(19)22)23-21(25)24-17-7-4-6-16(12-17)13-26-14-18-8-5-11-27-18/h2-12,15H,13-14H2,1H3,(H2,23,24,25). The van der Waals surface area contributed by atoms with E-state index in [4.69, 9.17) is 9.15 Å². The third kappa shape index (κ3) is 5.70. The van der Waals surface area contributed by atoms with Gasteiger partial charge in [-0.15, -0.1) is 0 Å². The molecule has 27 heavy (non-hydrogen) atoms. The Hall–Kier alpha value is -2.57. The summed E-state index contributed by atoms with van der Waals surface area (Å²) in [5, 5.41) is 5.81. The number of carbonyl (C=O) groups excluding carboxylic acids is 1. The molecule has 2 aromatic carbocycles. The molecule has 0 aliphatic carbocycles. The Morgan fingerprint density at radius 3 is 2.74 bits per heavy atom. The molecule has 0 saturated heterocycles. The van der Waals surface area contributed by atoms with Crippen molar-refractivity contribution in [2.24, 2.45) is 0 Å². The molecule has 3 aromatic rings. The molecular formula is C21H21BrN2O3. The number of urea groups is 1. The lowest BCUT2D eigenvalue weighted by molar-refractivity contribution is 0.0930. The highest BCUT2D eigenvalue weighted by Crippen LogP contribution is 2.22. The van der Waals surface area contributed by atoms with Gasteiger partial charge in [0.1, 0.15) is 12.4 Å². The zero-order chi connectivity index (χ0) is 19.1. The first-order valence-electron chi connectivity index (χ1n) is 8.63. The predicted molar refractivity (Wildman–Crippen MR) is 108 cm³/mol. The van der Waals surface area contributed by atoms with Crippen LogP contribution >= 0.6 is 15.9 Å². The highest BCUT2D eigenvalue weighted by molar-refractivity contribution is 9.10. The van der Waals surface area contributed by atoms with Crippen molar-refractivity contribution < 1.29 is 13.9 Å². The first kappa shape index (κ1) is 19.2. The van der Waals surface area contributed by atoms with Crippen LogP contribution < -0.4 is 10.6 Å². The highest BCUT2D eigenvalue weighted by atomic mass is 79.9. The Labute approximate surface area is 166 Å². The minimum Gasteiger partial charge on any atom is -0.467 e. The molecule has 0 fully saturated rings. The summed E-state index contributed by atoms with van der Waals surface area (Å²) in [5.41, 5.74) is 2.71. The Morgan fingerprint density at radius 2 is 1.96 bits per heavy atom. The van der Waals surface area contributed by atoms with Crippen LogP contribution in [0, 0.1) is 0 Å². The number of halogens is 1. The van der Waals surface area contributed by atoms with Crippen molar-refractivity contribution in [3.05, 3.63) is 88.3 Å². The van der Waals surface area contributed by atoms with E-state index in [1.807, 2.05) is 67.6 Å². The van der Waals surface area contributed by atoms with E-state index in [-0.39, 0.29) is 12.1 Å². The lowest BCUT2D eigenvalue weighted by Gasteiger charge is -2.16. The quantitative estimate of drug-likeness (QED) is 0.511. The number of anilines is 1. The van der Waals surface area contributed by atoms with Crippen LogP contribution in [0.3, 0.4) is 0 Å². The van der Waals surface area contributed by atoms with E-state index in [1.165, 1.54) is 0 Å². The Balaban J connectivity index is 1.52. The summed E-state index contributed by atoms with van der Waals surface area (Å²) in [6.45, 7) is 2.79. The third-order valence-corrected chi connectivity index (χ3v) is 4.72. The van der Waals surface area contributed by atoms with Gasteiger partial charge in [0.2, 0.25) is 0 Å². The van der Waals surface area contributed by atoms with E-state index in [9.17, 15) is 4.79 Å². The number of benzene rings is 2. The maximum absolute atomic E-state index is 12.3. The molecule has 2 amide bonds. The molecule has 0 bridgehead atoms. The van der Waals surface area contributed by atoms with Crippen LogP contribution in [0.5, 0.6) is 0 Å². The van der Waals surface area contributed by atoms with E-state index in [0.717, 1.165) is 21.4 Å². The first-order valence-corrected chi connectivity index (χ1v) is 9.42. The molecule has 2 N–H and O–H groups in total. The van der Waals surface area contributed by atoms with Crippen LogP contribution in [0.2, 0.25) is 0 Å². The van der Waals surface area contributed by atoms with E-state index in [2.05, 4.69) is 26.6 Å². The number of ether oxygens (including phenoxy) is 1. The van der Waals surface area contributed by atoms with Gasteiger partial charge in [0, 0.05) is 10.2 Å². The molecule has 3 rings (SSSR count). The van der Waals surface area contributed by atoms with Gasteiger partial charge in [-0.25, -0.2) is 4.79 Å². The normalized spacial score (nSPS) is 11.8. The number of hydrogen-bond acceptors (Lipinski definition) is 3. The Morgan fingerprint density at radius 1 is 1.11 bits per heavy atom. The van der Waals surface area contributed by atoms with Crippen molar-refractivity contribution in [2.75, 3.05) is 5.32 Å². The lowest BCUT2D eigenvalue weighted by atomic mass is 10.1. The number of rotatable bonds is 7. The van der Waals surface area contributed by atoms with Crippen molar-refractivity contribution >= 4 is 27.6 Å². The SMILES string of the molecule is CC(NC(=O)Nc1cccc(COCc2ccco2)c1)c1ccccc1Br. The van der Waals surface area contributed by atoms with Crippen molar-refractivity contribution in [1.29, 1.82) is 0 Å². The summed E-state index contributed by atoms with van der Waals surface area (Å²) < 4.78 is 11.8. The summed E-state index contributed by atoms with van der Waals surface area (Å²) in [5.74, 6) is 0.782. The molecule has 1 aromatic heterocycles. The van der Waals surface area contributed by atoms with Gasteiger partial charge >= 0.3 is 6.03 Å². The summed E-state index contributed by atoms with van der Waals surface area (Å²) in [6.07, 6.45) is 1.62. The summed E-state index contributed by atoms with van der Waals surface area (Å²) in [7, 11) is 0. The zero-order valence-electron chi connectivity index (χ0n) is 14.9. The molecular weight excluding hydrogens is 408 g/mol. The molecule has 5 nitrogen and oxygen atoms in total. The second kappa shape index (κ2) is 9.39. The average Bonchev–Trinajstić information content (AvgIpc) is 3.15. The van der Waals surface area contributed by atoms with Gasteiger partial charge in [0.05, 0.1) is 18.9 Å². The van der Waals surface area contributed by atoms with Gasteiger partial charge in [0.15, 0.2) is 0 Å². The fraction of sp³-hybridized carbons (Fsp3) is 0.190.